The molecule has 2 amide bonds. The summed E-state index contributed by atoms with van der Waals surface area (Å²) >= 11 is 5.57. The lowest BCUT2D eigenvalue weighted by molar-refractivity contribution is -0.274. The average Bonchev–Trinajstić information content (AvgIpc) is 2.17. The molecule has 1 aromatic carbocycles. The van der Waals surface area contributed by atoms with Crippen LogP contribution in [0.3, 0.4) is 0 Å². The molecular formula is C9H6ClF3N2O2. The van der Waals surface area contributed by atoms with E-state index in [-0.39, 0.29) is 10.7 Å². The van der Waals surface area contributed by atoms with Gasteiger partial charge in [-0.15, -0.1) is 0 Å². The number of benzene rings is 1. The highest BCUT2D eigenvalue weighted by atomic mass is 35.5. The highest BCUT2D eigenvalue weighted by molar-refractivity contribution is 6.30. The van der Waals surface area contributed by atoms with Gasteiger partial charge in [-0.1, -0.05) is 11.6 Å². The minimum Gasteiger partial charge on any atom is -0.360 e. The molecule has 0 radical (unpaired) electrons. The Morgan fingerprint density at radius 2 is 2.00 bits per heavy atom. The number of alkyl halides is 3. The molecule has 1 aromatic rings. The van der Waals surface area contributed by atoms with Crippen LogP contribution in [0.5, 0.6) is 0 Å². The van der Waals surface area contributed by atoms with Gasteiger partial charge in [0, 0.05) is 10.6 Å². The van der Waals surface area contributed by atoms with Gasteiger partial charge in [-0.2, -0.15) is 13.2 Å². The summed E-state index contributed by atoms with van der Waals surface area (Å²) in [7, 11) is 0. The van der Waals surface area contributed by atoms with E-state index in [1.54, 1.807) is 0 Å². The van der Waals surface area contributed by atoms with Crippen LogP contribution < -0.4 is 10.6 Å². The molecule has 0 fully saturated rings. The Kier molecular flexibility index (Phi) is 2.48. The third-order valence-electron chi connectivity index (χ3n) is 2.32. The second-order valence-electron chi connectivity index (χ2n) is 3.48. The highest BCUT2D eigenvalue weighted by Gasteiger charge is 2.59. The Bertz CT molecular complexity index is 492. The number of carbonyl (C=O) groups excluding carboxylic acids is 1. The largest absolute Gasteiger partial charge is 0.441 e. The van der Waals surface area contributed by atoms with E-state index in [1.807, 2.05) is 0 Å². The number of fused-ring (bicyclic) bond motifs is 1. The molecule has 1 heterocycles. The first-order valence-corrected chi connectivity index (χ1v) is 4.80. The number of hydrogen-bond acceptors (Lipinski definition) is 2. The number of nitrogens with one attached hydrogen (secondary N) is 2. The molecule has 0 spiro atoms. The molecule has 1 atom stereocenters. The van der Waals surface area contributed by atoms with Crippen LogP contribution in [-0.2, 0) is 5.72 Å². The van der Waals surface area contributed by atoms with Crippen molar-refractivity contribution in [1.29, 1.82) is 0 Å². The zero-order valence-electron chi connectivity index (χ0n) is 8.10. The molecular weight excluding hydrogens is 261 g/mol. The van der Waals surface area contributed by atoms with Crippen molar-refractivity contribution in [2.45, 2.75) is 11.9 Å². The number of hydrogen-bond donors (Lipinski definition) is 3. The summed E-state index contributed by atoms with van der Waals surface area (Å²) in [4.78, 5) is 11.1. The normalized spacial score (nSPS) is 23.7. The minimum atomic E-state index is -5.05. The van der Waals surface area contributed by atoms with Crippen molar-refractivity contribution in [3.63, 3.8) is 0 Å². The van der Waals surface area contributed by atoms with Gasteiger partial charge in [-0.3, -0.25) is 5.32 Å². The number of rotatable bonds is 0. The standard InChI is InChI=1S/C9H6ClF3N2O2/c10-4-1-2-6-5(3-4)8(17,9(11,12)13)15-7(16)14-6/h1-3,17H,(H2,14,15,16). The van der Waals surface area contributed by atoms with Crippen molar-refractivity contribution in [3.8, 4) is 0 Å². The molecule has 3 N–H and O–H groups in total. The number of anilines is 1. The molecule has 0 aromatic heterocycles. The summed E-state index contributed by atoms with van der Waals surface area (Å²) in [5, 5.41) is 13.2. The number of carbonyl (C=O) groups is 1. The first-order chi connectivity index (χ1) is 7.74. The van der Waals surface area contributed by atoms with Crippen LogP contribution in [0, 0.1) is 0 Å². The second-order valence-corrected chi connectivity index (χ2v) is 3.91. The third-order valence-corrected chi connectivity index (χ3v) is 2.56. The Hall–Kier alpha value is -1.47. The SMILES string of the molecule is O=C1Nc2ccc(Cl)cc2C(O)(C(F)(F)F)N1. The van der Waals surface area contributed by atoms with Gasteiger partial charge in [0.05, 0.1) is 5.69 Å². The van der Waals surface area contributed by atoms with Crippen molar-refractivity contribution in [1.82, 2.24) is 5.32 Å². The smallest absolute Gasteiger partial charge is 0.360 e. The molecule has 0 saturated carbocycles. The minimum absolute atomic E-state index is 0.0179. The Morgan fingerprint density at radius 1 is 1.35 bits per heavy atom. The molecule has 1 aliphatic rings. The Balaban J connectivity index is 2.65. The van der Waals surface area contributed by atoms with Gasteiger partial charge in [0.2, 0.25) is 0 Å². The van der Waals surface area contributed by atoms with Crippen molar-refractivity contribution < 1.29 is 23.1 Å². The second kappa shape index (κ2) is 3.51. The van der Waals surface area contributed by atoms with Crippen LogP contribution in [0.2, 0.25) is 5.02 Å². The van der Waals surface area contributed by atoms with Gasteiger partial charge in [0.15, 0.2) is 0 Å². The zero-order valence-corrected chi connectivity index (χ0v) is 8.86. The van der Waals surface area contributed by atoms with Crippen molar-refractivity contribution in [2.75, 3.05) is 5.32 Å². The predicted molar refractivity (Wildman–Crippen MR) is 53.6 cm³/mol. The molecule has 2 rings (SSSR count). The van der Waals surface area contributed by atoms with Crippen LogP contribution >= 0.6 is 11.6 Å². The first kappa shape index (κ1) is 12.0. The molecule has 1 unspecified atom stereocenters. The number of amides is 2. The summed E-state index contributed by atoms with van der Waals surface area (Å²) in [5.74, 6) is 0. The monoisotopic (exact) mass is 266 g/mol. The van der Waals surface area contributed by atoms with Crippen molar-refractivity contribution >= 4 is 23.3 Å². The van der Waals surface area contributed by atoms with E-state index in [1.165, 1.54) is 17.4 Å². The van der Waals surface area contributed by atoms with Gasteiger partial charge in [-0.25, -0.2) is 4.79 Å². The molecule has 0 saturated heterocycles. The van der Waals surface area contributed by atoms with Gasteiger partial charge in [-0.05, 0) is 18.2 Å². The third kappa shape index (κ3) is 1.81. The zero-order chi connectivity index (χ0) is 12.8. The fourth-order valence-electron chi connectivity index (χ4n) is 1.53. The van der Waals surface area contributed by atoms with Gasteiger partial charge in [0.1, 0.15) is 0 Å². The molecule has 17 heavy (non-hydrogen) atoms. The quantitative estimate of drug-likeness (QED) is 0.674. The van der Waals surface area contributed by atoms with E-state index in [9.17, 15) is 23.1 Å². The molecule has 4 nitrogen and oxygen atoms in total. The number of urea groups is 1. The van der Waals surface area contributed by atoms with Gasteiger partial charge >= 0.3 is 12.2 Å². The Morgan fingerprint density at radius 3 is 2.59 bits per heavy atom. The predicted octanol–water partition coefficient (Wildman–Crippen LogP) is 2.18. The van der Waals surface area contributed by atoms with Crippen LogP contribution in [0.15, 0.2) is 18.2 Å². The van der Waals surface area contributed by atoms with Crippen LogP contribution in [-0.4, -0.2) is 17.3 Å². The summed E-state index contributed by atoms with van der Waals surface area (Å²) < 4.78 is 38.3. The maximum absolute atomic E-state index is 12.8. The topological polar surface area (TPSA) is 61.4 Å². The lowest BCUT2D eigenvalue weighted by Gasteiger charge is -2.36. The van der Waals surface area contributed by atoms with E-state index in [0.29, 0.717) is 0 Å². The molecule has 0 bridgehead atoms. The van der Waals surface area contributed by atoms with Crippen LogP contribution in [0.25, 0.3) is 0 Å². The fourth-order valence-corrected chi connectivity index (χ4v) is 1.71. The van der Waals surface area contributed by atoms with E-state index >= 15 is 0 Å². The van der Waals surface area contributed by atoms with Crippen LogP contribution in [0.4, 0.5) is 23.7 Å². The maximum atomic E-state index is 12.8. The van der Waals surface area contributed by atoms with Gasteiger partial charge < -0.3 is 10.4 Å². The summed E-state index contributed by atoms with van der Waals surface area (Å²) in [6.45, 7) is 0. The molecule has 8 heteroatoms. The van der Waals surface area contributed by atoms with E-state index < -0.39 is 23.5 Å². The summed E-state index contributed by atoms with van der Waals surface area (Å²) in [6, 6.07) is 2.30. The van der Waals surface area contributed by atoms with Crippen LogP contribution in [0.1, 0.15) is 5.56 Å². The molecule has 92 valence electrons. The lowest BCUT2D eigenvalue weighted by atomic mass is 9.98. The van der Waals surface area contributed by atoms with E-state index in [4.69, 9.17) is 11.6 Å². The summed E-state index contributed by atoms with van der Waals surface area (Å²) in [6.07, 6.45) is -5.05. The van der Waals surface area contributed by atoms with Crippen molar-refractivity contribution in [3.05, 3.63) is 28.8 Å². The first-order valence-electron chi connectivity index (χ1n) is 4.42. The number of halogens is 4. The lowest BCUT2D eigenvalue weighted by Crippen LogP contribution is -2.60. The highest BCUT2D eigenvalue weighted by Crippen LogP contribution is 2.42. The molecule has 0 aliphatic carbocycles. The maximum Gasteiger partial charge on any atom is 0.441 e. The van der Waals surface area contributed by atoms with E-state index in [0.717, 1.165) is 6.07 Å². The van der Waals surface area contributed by atoms with Gasteiger partial charge in [0.25, 0.3) is 5.72 Å². The Labute approximate surface area is 98.4 Å². The fraction of sp³-hybridized carbons (Fsp3) is 0.222. The van der Waals surface area contributed by atoms with Crippen molar-refractivity contribution in [2.24, 2.45) is 0 Å². The molecule has 1 aliphatic heterocycles. The van der Waals surface area contributed by atoms with E-state index in [2.05, 4.69) is 5.32 Å². The average molecular weight is 267 g/mol. The number of aliphatic hydroxyl groups is 1. The summed E-state index contributed by atoms with van der Waals surface area (Å²) in [5.41, 5.74) is -4.12.